The number of aliphatic hydroxyl groups is 1. The van der Waals surface area contributed by atoms with E-state index in [9.17, 15) is 0 Å². The van der Waals surface area contributed by atoms with Crippen molar-refractivity contribution in [2.45, 2.75) is 26.6 Å². The first-order valence-electron chi connectivity index (χ1n) is 4.12. The molecule has 0 spiro atoms. The van der Waals surface area contributed by atoms with Crippen LogP contribution in [0.15, 0.2) is 6.20 Å². The maximum absolute atomic E-state index is 8.84. The van der Waals surface area contributed by atoms with E-state index in [1.807, 2.05) is 17.8 Å². The Labute approximate surface area is 72.2 Å². The largest absolute Gasteiger partial charge is 0.390 e. The van der Waals surface area contributed by atoms with Crippen molar-refractivity contribution in [3.8, 4) is 0 Å². The predicted molar refractivity (Wildman–Crippen MR) is 46.6 cm³/mol. The zero-order chi connectivity index (χ0) is 8.97. The minimum atomic E-state index is 0.0176. The van der Waals surface area contributed by atoms with Gasteiger partial charge in [0.1, 0.15) is 5.82 Å². The minimum absolute atomic E-state index is 0.0176. The van der Waals surface area contributed by atoms with Crippen molar-refractivity contribution in [1.82, 2.24) is 14.9 Å². The summed E-state index contributed by atoms with van der Waals surface area (Å²) in [6.07, 6.45) is 1.88. The first-order valence-corrected chi connectivity index (χ1v) is 4.12. The van der Waals surface area contributed by atoms with Crippen LogP contribution in [0.5, 0.6) is 0 Å². The van der Waals surface area contributed by atoms with E-state index in [0.29, 0.717) is 0 Å². The van der Waals surface area contributed by atoms with Gasteiger partial charge in [0, 0.05) is 12.7 Å². The molecule has 1 rings (SSSR count). The van der Waals surface area contributed by atoms with Gasteiger partial charge >= 0.3 is 0 Å². The molecule has 0 bridgehead atoms. The van der Waals surface area contributed by atoms with E-state index in [4.69, 9.17) is 5.11 Å². The Morgan fingerprint density at radius 1 is 1.67 bits per heavy atom. The van der Waals surface area contributed by atoms with E-state index in [-0.39, 0.29) is 6.61 Å². The average molecular weight is 169 g/mol. The van der Waals surface area contributed by atoms with Gasteiger partial charge in [-0.2, -0.15) is 0 Å². The van der Waals surface area contributed by atoms with E-state index < -0.39 is 0 Å². The van der Waals surface area contributed by atoms with E-state index in [2.05, 4.69) is 17.2 Å². The molecule has 68 valence electrons. The molecule has 0 fully saturated rings. The summed E-state index contributed by atoms with van der Waals surface area (Å²) in [6.45, 7) is 3.71. The highest BCUT2D eigenvalue weighted by Crippen LogP contribution is 2.02. The van der Waals surface area contributed by atoms with Crippen LogP contribution < -0.4 is 5.32 Å². The number of aliphatic hydroxyl groups excluding tert-OH is 1. The van der Waals surface area contributed by atoms with Crippen LogP contribution in [0, 0.1) is 0 Å². The predicted octanol–water partition coefficient (Wildman–Crippen LogP) is 0.115. The number of rotatable bonds is 4. The molecular weight excluding hydrogens is 154 g/mol. The lowest BCUT2D eigenvalue weighted by atomic mass is 10.5. The highest BCUT2D eigenvalue weighted by atomic mass is 16.3. The monoisotopic (exact) mass is 169 g/mol. The second-order valence-electron chi connectivity index (χ2n) is 2.62. The highest BCUT2D eigenvalue weighted by Gasteiger charge is 2.03. The molecule has 0 atom stereocenters. The number of aromatic nitrogens is 2. The van der Waals surface area contributed by atoms with Crippen molar-refractivity contribution in [1.29, 1.82) is 0 Å². The fourth-order valence-electron chi connectivity index (χ4n) is 1.16. The van der Waals surface area contributed by atoms with Crippen LogP contribution >= 0.6 is 0 Å². The number of nitrogens with one attached hydrogen (secondary N) is 1. The minimum Gasteiger partial charge on any atom is -0.390 e. The number of imidazole rings is 1. The third kappa shape index (κ3) is 1.84. The lowest BCUT2D eigenvalue weighted by Gasteiger charge is -2.01. The zero-order valence-electron chi connectivity index (χ0n) is 7.54. The van der Waals surface area contributed by atoms with E-state index in [0.717, 1.165) is 24.6 Å². The number of hydrogen-bond donors (Lipinski definition) is 2. The molecule has 0 unspecified atom stereocenters. The van der Waals surface area contributed by atoms with Gasteiger partial charge in [0.25, 0.3) is 0 Å². The van der Waals surface area contributed by atoms with Crippen molar-refractivity contribution in [2.24, 2.45) is 0 Å². The van der Waals surface area contributed by atoms with E-state index in [1.54, 1.807) is 0 Å². The Hall–Kier alpha value is -0.870. The molecule has 1 aromatic rings. The fraction of sp³-hybridized carbons (Fsp3) is 0.625. The Kier molecular flexibility index (Phi) is 3.25. The van der Waals surface area contributed by atoms with Gasteiger partial charge in [-0.3, -0.25) is 0 Å². The summed E-state index contributed by atoms with van der Waals surface area (Å²) in [5.41, 5.74) is 0.738. The molecule has 0 aromatic carbocycles. The maximum Gasteiger partial charge on any atom is 0.123 e. The van der Waals surface area contributed by atoms with Crippen LogP contribution in [-0.2, 0) is 19.7 Å². The van der Waals surface area contributed by atoms with Crippen LogP contribution in [0.3, 0.4) is 0 Å². The number of hydrogen-bond acceptors (Lipinski definition) is 3. The Balaban J connectivity index is 2.84. The van der Waals surface area contributed by atoms with Gasteiger partial charge in [-0.1, -0.05) is 0 Å². The van der Waals surface area contributed by atoms with Gasteiger partial charge in [0.2, 0.25) is 0 Å². The standard InChI is InChI=1S/C8H15N3O/c1-3-11-5-7(6-12)10-8(11)4-9-2/h5,9,12H,3-4,6H2,1-2H3. The quantitative estimate of drug-likeness (QED) is 0.673. The summed E-state index contributed by atoms with van der Waals surface area (Å²) < 4.78 is 2.03. The van der Waals surface area contributed by atoms with Gasteiger partial charge in [-0.25, -0.2) is 4.98 Å². The second kappa shape index (κ2) is 4.23. The molecule has 4 heteroatoms. The van der Waals surface area contributed by atoms with Crippen molar-refractivity contribution in [3.63, 3.8) is 0 Å². The summed E-state index contributed by atoms with van der Waals surface area (Å²) in [7, 11) is 1.88. The van der Waals surface area contributed by atoms with Crippen LogP contribution in [0.2, 0.25) is 0 Å². The van der Waals surface area contributed by atoms with Crippen LogP contribution in [0.25, 0.3) is 0 Å². The molecule has 4 nitrogen and oxygen atoms in total. The summed E-state index contributed by atoms with van der Waals surface area (Å²) >= 11 is 0. The summed E-state index contributed by atoms with van der Waals surface area (Å²) in [5, 5.41) is 11.9. The molecular formula is C8H15N3O. The summed E-state index contributed by atoms with van der Waals surface area (Å²) in [6, 6.07) is 0. The normalized spacial score (nSPS) is 10.6. The van der Waals surface area contributed by atoms with E-state index >= 15 is 0 Å². The Morgan fingerprint density at radius 3 is 2.92 bits per heavy atom. The van der Waals surface area contributed by atoms with Crippen molar-refractivity contribution < 1.29 is 5.11 Å². The molecule has 1 aromatic heterocycles. The molecule has 0 aliphatic carbocycles. The molecule has 2 N–H and O–H groups in total. The fourth-order valence-corrected chi connectivity index (χ4v) is 1.16. The van der Waals surface area contributed by atoms with Crippen LogP contribution in [-0.4, -0.2) is 21.7 Å². The first-order chi connectivity index (χ1) is 5.81. The van der Waals surface area contributed by atoms with Gasteiger partial charge < -0.3 is 15.0 Å². The smallest absolute Gasteiger partial charge is 0.123 e. The van der Waals surface area contributed by atoms with Crippen molar-refractivity contribution in [3.05, 3.63) is 17.7 Å². The highest BCUT2D eigenvalue weighted by molar-refractivity contribution is 5.02. The molecule has 1 heterocycles. The molecule has 0 amide bonds. The molecule has 0 saturated heterocycles. The topological polar surface area (TPSA) is 50.1 Å². The molecule has 12 heavy (non-hydrogen) atoms. The zero-order valence-corrected chi connectivity index (χ0v) is 7.54. The van der Waals surface area contributed by atoms with Gasteiger partial charge in [-0.05, 0) is 14.0 Å². The molecule has 0 aliphatic heterocycles. The van der Waals surface area contributed by atoms with E-state index in [1.165, 1.54) is 0 Å². The van der Waals surface area contributed by atoms with Crippen molar-refractivity contribution >= 4 is 0 Å². The lowest BCUT2D eigenvalue weighted by Crippen LogP contribution is -2.11. The molecule has 0 radical (unpaired) electrons. The maximum atomic E-state index is 8.84. The van der Waals surface area contributed by atoms with Gasteiger partial charge in [-0.15, -0.1) is 0 Å². The molecule has 0 saturated carbocycles. The number of aryl methyl sites for hydroxylation is 1. The van der Waals surface area contributed by atoms with Crippen LogP contribution in [0.4, 0.5) is 0 Å². The van der Waals surface area contributed by atoms with Crippen LogP contribution in [0.1, 0.15) is 18.4 Å². The van der Waals surface area contributed by atoms with Crippen molar-refractivity contribution in [2.75, 3.05) is 7.05 Å². The average Bonchev–Trinajstić information content (AvgIpc) is 2.48. The first kappa shape index (κ1) is 9.22. The SMILES string of the molecule is CCn1cc(CO)nc1CNC. The van der Waals surface area contributed by atoms with Gasteiger partial charge in [0.05, 0.1) is 18.8 Å². The number of nitrogens with zero attached hydrogens (tertiary/aromatic N) is 2. The molecule has 0 aliphatic rings. The third-order valence-electron chi connectivity index (χ3n) is 1.75. The third-order valence-corrected chi connectivity index (χ3v) is 1.75. The second-order valence-corrected chi connectivity index (χ2v) is 2.62. The Bertz CT molecular complexity index is 244. The van der Waals surface area contributed by atoms with Gasteiger partial charge in [0.15, 0.2) is 0 Å². The Morgan fingerprint density at radius 2 is 2.42 bits per heavy atom. The summed E-state index contributed by atoms with van der Waals surface area (Å²) in [5.74, 6) is 0.976. The lowest BCUT2D eigenvalue weighted by molar-refractivity contribution is 0.277. The summed E-state index contributed by atoms with van der Waals surface area (Å²) in [4.78, 5) is 4.24.